The van der Waals surface area contributed by atoms with E-state index in [9.17, 15) is 8.42 Å². The van der Waals surface area contributed by atoms with Gasteiger partial charge in [0.1, 0.15) is 0 Å². The zero-order valence-electron chi connectivity index (χ0n) is 7.46. The van der Waals surface area contributed by atoms with Gasteiger partial charge in [-0.1, -0.05) is 0 Å². The topological polar surface area (TPSA) is 84.2 Å². The minimum Gasteiger partial charge on any atom is -0.392 e. The molecule has 0 amide bonds. The van der Waals surface area contributed by atoms with Crippen LogP contribution in [0.15, 0.2) is 11.2 Å². The van der Waals surface area contributed by atoms with Gasteiger partial charge in [-0.3, -0.25) is 0 Å². The van der Waals surface area contributed by atoms with Crippen LogP contribution in [-0.2, 0) is 10.0 Å². The van der Waals surface area contributed by atoms with E-state index in [1.807, 2.05) is 0 Å². The summed E-state index contributed by atoms with van der Waals surface area (Å²) >= 11 is 0. The van der Waals surface area contributed by atoms with Crippen molar-refractivity contribution in [3.8, 4) is 0 Å². The van der Waals surface area contributed by atoms with Crippen LogP contribution in [0, 0.1) is 0 Å². The molecule has 4 N–H and O–H groups in total. The highest BCUT2D eigenvalue weighted by molar-refractivity contribution is 7.93. The van der Waals surface area contributed by atoms with Crippen LogP contribution in [0.2, 0.25) is 0 Å². The van der Waals surface area contributed by atoms with Gasteiger partial charge in [-0.25, -0.2) is 13.1 Å². The van der Waals surface area contributed by atoms with Gasteiger partial charge in [0.15, 0.2) is 5.03 Å². The summed E-state index contributed by atoms with van der Waals surface area (Å²) in [5.74, 6) is 0. The van der Waals surface area contributed by atoms with Crippen LogP contribution in [0.25, 0.3) is 0 Å². The summed E-state index contributed by atoms with van der Waals surface area (Å²) in [6.07, 6.45) is 1.23. The third kappa shape index (κ3) is 3.59. The number of hydrogen-bond acceptors (Lipinski definition) is 4. The van der Waals surface area contributed by atoms with Gasteiger partial charge in [-0.2, -0.15) is 0 Å². The summed E-state index contributed by atoms with van der Waals surface area (Å²) in [5.41, 5.74) is 5.26. The Bertz CT molecular complexity index is 256. The number of hydrogen-bond donors (Lipinski definition) is 3. The Balaban J connectivity index is 4.52. The van der Waals surface area contributed by atoms with Gasteiger partial charge in [-0.15, -0.1) is 0 Å². The van der Waals surface area contributed by atoms with E-state index in [0.717, 1.165) is 0 Å². The number of nitrogens with two attached hydrogens (primary N) is 1. The maximum atomic E-state index is 11.2. The second-order valence-electron chi connectivity index (χ2n) is 2.61. The average Bonchev–Trinajstić information content (AvgIpc) is 1.85. The molecule has 0 atom stereocenters. The van der Waals surface area contributed by atoms with Crippen molar-refractivity contribution in [1.82, 2.24) is 10.0 Å². The molecule has 0 aliphatic rings. The Labute approximate surface area is 73.1 Å². The number of sulfonamides is 1. The van der Waals surface area contributed by atoms with Crippen molar-refractivity contribution in [3.05, 3.63) is 11.2 Å². The third-order valence-electron chi connectivity index (χ3n) is 0.988. The molecule has 0 bridgehead atoms. The maximum Gasteiger partial charge on any atom is 0.257 e. The monoisotopic (exact) mass is 193 g/mol. The lowest BCUT2D eigenvalue weighted by atomic mass is 10.4. The van der Waals surface area contributed by atoms with Crippen molar-refractivity contribution in [2.24, 2.45) is 5.73 Å². The van der Waals surface area contributed by atoms with Crippen molar-refractivity contribution >= 4 is 10.0 Å². The molecular weight excluding hydrogens is 178 g/mol. The molecule has 0 aliphatic heterocycles. The fourth-order valence-corrected chi connectivity index (χ4v) is 1.63. The molecule has 0 radical (unpaired) electrons. The highest BCUT2D eigenvalue weighted by Crippen LogP contribution is 1.95. The summed E-state index contributed by atoms with van der Waals surface area (Å²) in [5, 5.41) is 2.33. The Morgan fingerprint density at radius 2 is 2.00 bits per heavy atom. The van der Waals surface area contributed by atoms with E-state index in [1.165, 1.54) is 6.20 Å². The van der Waals surface area contributed by atoms with Crippen LogP contribution in [0.4, 0.5) is 0 Å². The molecule has 0 saturated carbocycles. The molecule has 0 fully saturated rings. The normalized spacial score (nSPS) is 13.5. The highest BCUT2D eigenvalue weighted by Gasteiger charge is 2.14. The van der Waals surface area contributed by atoms with Gasteiger partial charge in [-0.05, 0) is 13.8 Å². The van der Waals surface area contributed by atoms with Gasteiger partial charge >= 0.3 is 0 Å². The molecule has 0 heterocycles. The number of nitrogens with one attached hydrogen (secondary N) is 2. The summed E-state index contributed by atoms with van der Waals surface area (Å²) in [7, 11) is -1.91. The van der Waals surface area contributed by atoms with Gasteiger partial charge in [0.05, 0.1) is 0 Å². The van der Waals surface area contributed by atoms with E-state index in [1.54, 1.807) is 20.9 Å². The molecule has 5 nitrogen and oxygen atoms in total. The largest absolute Gasteiger partial charge is 0.392 e. The first-order valence-corrected chi connectivity index (χ1v) is 5.03. The maximum absolute atomic E-state index is 11.2. The Morgan fingerprint density at radius 1 is 1.50 bits per heavy atom. The quantitative estimate of drug-likeness (QED) is 0.551. The lowest BCUT2D eigenvalue weighted by molar-refractivity contribution is 0.575. The first kappa shape index (κ1) is 11.2. The molecule has 0 aliphatic carbocycles. The van der Waals surface area contributed by atoms with E-state index >= 15 is 0 Å². The van der Waals surface area contributed by atoms with Crippen molar-refractivity contribution in [3.63, 3.8) is 0 Å². The van der Waals surface area contributed by atoms with Crippen LogP contribution in [0.1, 0.15) is 13.8 Å². The minimum atomic E-state index is -3.50. The molecule has 0 unspecified atom stereocenters. The predicted molar refractivity (Wildman–Crippen MR) is 48.5 cm³/mol. The minimum absolute atomic E-state index is 0.154. The first-order chi connectivity index (χ1) is 5.40. The first-order valence-electron chi connectivity index (χ1n) is 3.55. The molecule has 72 valence electrons. The Hall–Kier alpha value is -0.750. The van der Waals surface area contributed by atoms with Crippen LogP contribution >= 0.6 is 0 Å². The molecular formula is C6H15N3O2S. The van der Waals surface area contributed by atoms with Gasteiger partial charge in [0.2, 0.25) is 0 Å². The SMILES string of the molecule is CN/C=C(\N)S(=O)(=O)NC(C)C. The fraction of sp³-hybridized carbons (Fsp3) is 0.667. The van der Waals surface area contributed by atoms with Crippen molar-refractivity contribution in [2.75, 3.05) is 7.05 Å². The second kappa shape index (κ2) is 4.32. The lowest BCUT2D eigenvalue weighted by Crippen LogP contribution is -2.34. The second-order valence-corrected chi connectivity index (χ2v) is 4.33. The predicted octanol–water partition coefficient (Wildman–Crippen LogP) is -0.709. The Kier molecular flexibility index (Phi) is 4.05. The zero-order chi connectivity index (χ0) is 9.78. The van der Waals surface area contributed by atoms with E-state index in [2.05, 4.69) is 10.0 Å². The molecule has 0 aromatic carbocycles. The zero-order valence-corrected chi connectivity index (χ0v) is 8.27. The van der Waals surface area contributed by atoms with Gasteiger partial charge < -0.3 is 11.1 Å². The smallest absolute Gasteiger partial charge is 0.257 e. The van der Waals surface area contributed by atoms with E-state index < -0.39 is 10.0 Å². The van der Waals surface area contributed by atoms with Crippen LogP contribution in [-0.4, -0.2) is 21.5 Å². The van der Waals surface area contributed by atoms with E-state index in [-0.39, 0.29) is 11.1 Å². The fourth-order valence-electron chi connectivity index (χ4n) is 0.598. The van der Waals surface area contributed by atoms with Gasteiger partial charge in [0.25, 0.3) is 10.0 Å². The summed E-state index contributed by atoms with van der Waals surface area (Å²) in [4.78, 5) is 0. The van der Waals surface area contributed by atoms with Gasteiger partial charge in [0, 0.05) is 19.3 Å². The molecule has 0 aromatic heterocycles. The summed E-state index contributed by atoms with van der Waals surface area (Å²) < 4.78 is 24.7. The van der Waals surface area contributed by atoms with Crippen molar-refractivity contribution in [1.29, 1.82) is 0 Å². The van der Waals surface area contributed by atoms with Crippen LogP contribution < -0.4 is 15.8 Å². The third-order valence-corrected chi connectivity index (χ3v) is 2.51. The average molecular weight is 193 g/mol. The molecule has 6 heteroatoms. The Morgan fingerprint density at radius 3 is 2.33 bits per heavy atom. The molecule has 0 rings (SSSR count). The molecule has 0 spiro atoms. The summed E-state index contributed by atoms with van der Waals surface area (Å²) in [6, 6.07) is -0.154. The number of rotatable bonds is 4. The molecule has 0 saturated heterocycles. The highest BCUT2D eigenvalue weighted by atomic mass is 32.2. The summed E-state index contributed by atoms with van der Waals surface area (Å²) in [6.45, 7) is 3.45. The molecule has 0 aromatic rings. The lowest BCUT2D eigenvalue weighted by Gasteiger charge is -2.08. The van der Waals surface area contributed by atoms with Crippen molar-refractivity contribution < 1.29 is 8.42 Å². The standard InChI is InChI=1S/C6H15N3O2S/c1-5(2)9-12(10,11)6(7)4-8-3/h4-5,8-9H,7H2,1-3H3/b6-4+. The van der Waals surface area contributed by atoms with Crippen LogP contribution in [0.5, 0.6) is 0 Å². The van der Waals surface area contributed by atoms with E-state index in [4.69, 9.17) is 5.73 Å². The van der Waals surface area contributed by atoms with E-state index in [0.29, 0.717) is 0 Å². The molecule has 12 heavy (non-hydrogen) atoms. The van der Waals surface area contributed by atoms with Crippen LogP contribution in [0.3, 0.4) is 0 Å². The van der Waals surface area contributed by atoms with Crippen molar-refractivity contribution in [2.45, 2.75) is 19.9 Å².